The normalized spacial score (nSPS) is 24.4. The summed E-state index contributed by atoms with van der Waals surface area (Å²) in [5.41, 5.74) is 3.75. The first-order valence-electron chi connectivity index (χ1n) is 12.8. The second-order valence-corrected chi connectivity index (χ2v) is 11.2. The van der Waals surface area contributed by atoms with Gasteiger partial charge in [0, 0.05) is 34.9 Å². The van der Waals surface area contributed by atoms with Gasteiger partial charge in [-0.1, -0.05) is 30.2 Å². The number of alkyl halides is 1. The number of nitrogens with zero attached hydrogens (tertiary/aromatic N) is 4. The zero-order valence-electron chi connectivity index (χ0n) is 20.7. The second-order valence-electron chi connectivity index (χ2n) is 10.8. The fourth-order valence-corrected chi connectivity index (χ4v) is 6.22. The molecule has 1 amide bonds. The minimum atomic E-state index is -0.875. The Bertz CT molecular complexity index is 1310. The molecule has 3 aromatic rings. The summed E-state index contributed by atoms with van der Waals surface area (Å²) >= 11 is 6.71. The highest BCUT2D eigenvalue weighted by atomic mass is 35.5. The molecule has 6 nitrogen and oxygen atoms in total. The van der Waals surface area contributed by atoms with Crippen LogP contribution in [0.3, 0.4) is 0 Å². The van der Waals surface area contributed by atoms with Crippen LogP contribution in [0.15, 0.2) is 42.7 Å². The Morgan fingerprint density at radius 3 is 2.72 bits per heavy atom. The maximum atomic E-state index is 14.2. The van der Waals surface area contributed by atoms with E-state index in [2.05, 4.69) is 22.4 Å². The van der Waals surface area contributed by atoms with Crippen molar-refractivity contribution in [1.82, 2.24) is 20.1 Å². The van der Waals surface area contributed by atoms with Gasteiger partial charge in [-0.15, -0.1) is 10.2 Å². The lowest BCUT2D eigenvalue weighted by molar-refractivity contribution is 0.0995. The molecule has 1 aromatic heterocycles. The van der Waals surface area contributed by atoms with Gasteiger partial charge in [-0.2, -0.15) is 0 Å². The molecule has 1 aliphatic heterocycles. The molecule has 1 N–H and O–H groups in total. The van der Waals surface area contributed by atoms with Gasteiger partial charge in [-0.05, 0) is 80.5 Å². The van der Waals surface area contributed by atoms with E-state index in [1.165, 1.54) is 19.3 Å². The third-order valence-corrected chi connectivity index (χ3v) is 8.77. The number of aromatic nitrogens is 3. The summed E-state index contributed by atoms with van der Waals surface area (Å²) in [5, 5.41) is 12.6. The predicted octanol–water partition coefficient (Wildman–Crippen LogP) is 5.50. The van der Waals surface area contributed by atoms with E-state index < -0.39 is 11.6 Å². The Morgan fingerprint density at radius 2 is 2.06 bits per heavy atom. The summed E-state index contributed by atoms with van der Waals surface area (Å²) in [7, 11) is 1.88. The van der Waals surface area contributed by atoms with E-state index in [0.29, 0.717) is 30.0 Å². The van der Waals surface area contributed by atoms with Crippen molar-refractivity contribution in [3.8, 4) is 0 Å². The van der Waals surface area contributed by atoms with Gasteiger partial charge in [0.2, 0.25) is 0 Å². The van der Waals surface area contributed by atoms with Crippen LogP contribution < -0.4 is 10.2 Å². The molecular weight excluding hydrogens is 477 g/mol. The van der Waals surface area contributed by atoms with Gasteiger partial charge in [0.25, 0.3) is 5.91 Å². The standard InChI is InChI=1S/C28H31ClFN5O/c1-17(31-14-18-5-3-6-18)19-9-23-24(25(29)10-19)15-35(26(23)36)22-8-4-7-20(11-22)28(12-21(30)13-28)27-33-32-16-34(27)2/h4,7-11,16-18,21,31H,3,5-6,12-15H2,1-2H3/t17-,21?,28?/m0/s1. The molecule has 0 radical (unpaired) electrons. The SMILES string of the molecule is C[C@H](NCC1CCC1)c1cc(Cl)c2c(c1)C(=O)N(c1cccc(C3(c4nncn4C)CC(F)C3)c1)C2. The summed E-state index contributed by atoms with van der Waals surface area (Å²) in [6.45, 7) is 3.54. The Hall–Kier alpha value is -2.77. The Kier molecular flexibility index (Phi) is 5.88. The molecule has 0 spiro atoms. The third kappa shape index (κ3) is 3.84. The summed E-state index contributed by atoms with van der Waals surface area (Å²) < 4.78 is 16.1. The zero-order valence-corrected chi connectivity index (χ0v) is 21.4. The Labute approximate surface area is 215 Å². The molecular formula is C28H31ClFN5O. The molecule has 2 aliphatic carbocycles. The maximum Gasteiger partial charge on any atom is 0.258 e. The molecule has 2 fully saturated rings. The van der Waals surface area contributed by atoms with Crippen LogP contribution in [-0.4, -0.2) is 33.4 Å². The smallest absolute Gasteiger partial charge is 0.258 e. The van der Waals surface area contributed by atoms with Gasteiger partial charge in [0.05, 0.1) is 12.0 Å². The maximum absolute atomic E-state index is 14.2. The molecule has 6 rings (SSSR count). The van der Waals surface area contributed by atoms with E-state index in [9.17, 15) is 9.18 Å². The molecule has 2 heterocycles. The third-order valence-electron chi connectivity index (χ3n) is 8.44. The van der Waals surface area contributed by atoms with Gasteiger partial charge in [0.15, 0.2) is 0 Å². The summed E-state index contributed by atoms with van der Waals surface area (Å²) in [6.07, 6.45) is 5.40. The summed E-state index contributed by atoms with van der Waals surface area (Å²) in [6, 6.07) is 12.0. The number of anilines is 1. The second kappa shape index (κ2) is 8.96. The van der Waals surface area contributed by atoms with Gasteiger partial charge in [-0.3, -0.25) is 4.79 Å². The van der Waals surface area contributed by atoms with Gasteiger partial charge >= 0.3 is 0 Å². The van der Waals surface area contributed by atoms with E-state index in [1.807, 2.05) is 48.0 Å². The topological polar surface area (TPSA) is 63.1 Å². The van der Waals surface area contributed by atoms with Crippen LogP contribution in [0, 0.1) is 5.92 Å². The number of hydrogen-bond donors (Lipinski definition) is 1. The number of amides is 1. The lowest BCUT2D eigenvalue weighted by atomic mass is 9.62. The van der Waals surface area contributed by atoms with E-state index in [1.54, 1.807) is 11.2 Å². The lowest BCUT2D eigenvalue weighted by Crippen LogP contribution is -2.45. The first kappa shape index (κ1) is 23.6. The monoisotopic (exact) mass is 507 g/mol. The highest BCUT2D eigenvalue weighted by Crippen LogP contribution is 2.50. The fraction of sp³-hybridized carbons (Fsp3) is 0.464. The van der Waals surface area contributed by atoms with Gasteiger partial charge < -0.3 is 14.8 Å². The zero-order chi connectivity index (χ0) is 25.0. The summed E-state index contributed by atoms with van der Waals surface area (Å²) in [4.78, 5) is 15.4. The van der Waals surface area contributed by atoms with Crippen molar-refractivity contribution in [2.75, 3.05) is 11.4 Å². The number of rotatable bonds is 7. The van der Waals surface area contributed by atoms with E-state index >= 15 is 0 Å². The van der Waals surface area contributed by atoms with Crippen LogP contribution in [0.1, 0.15) is 77.9 Å². The predicted molar refractivity (Wildman–Crippen MR) is 138 cm³/mol. The van der Waals surface area contributed by atoms with E-state index in [-0.39, 0.29) is 11.9 Å². The Morgan fingerprint density at radius 1 is 1.25 bits per heavy atom. The van der Waals surface area contributed by atoms with Gasteiger partial charge in [0.1, 0.15) is 18.3 Å². The first-order valence-corrected chi connectivity index (χ1v) is 13.2. The average Bonchev–Trinajstić information content (AvgIpc) is 3.39. The van der Waals surface area contributed by atoms with Crippen molar-refractivity contribution < 1.29 is 9.18 Å². The number of hydrogen-bond acceptors (Lipinski definition) is 4. The number of nitrogens with one attached hydrogen (secondary N) is 1. The fourth-order valence-electron chi connectivity index (χ4n) is 5.93. The minimum Gasteiger partial charge on any atom is -0.320 e. The lowest BCUT2D eigenvalue weighted by Gasteiger charge is -2.43. The number of benzene rings is 2. The molecule has 36 heavy (non-hydrogen) atoms. The van der Waals surface area contributed by atoms with Crippen LogP contribution in [0.2, 0.25) is 5.02 Å². The Balaban J connectivity index is 1.28. The largest absolute Gasteiger partial charge is 0.320 e. The molecule has 0 bridgehead atoms. The number of carbonyl (C=O) groups is 1. The van der Waals surface area contributed by atoms with Crippen LogP contribution in [0.25, 0.3) is 0 Å². The number of fused-ring (bicyclic) bond motifs is 1. The number of halogens is 2. The van der Waals surface area contributed by atoms with Crippen molar-refractivity contribution >= 4 is 23.2 Å². The molecule has 8 heteroatoms. The number of carbonyl (C=O) groups excluding carboxylic acids is 1. The molecule has 1 atom stereocenters. The van der Waals surface area contributed by atoms with Crippen molar-refractivity contribution in [2.24, 2.45) is 13.0 Å². The van der Waals surface area contributed by atoms with Gasteiger partial charge in [-0.25, -0.2) is 4.39 Å². The minimum absolute atomic E-state index is 0.0539. The molecule has 188 valence electrons. The average molecular weight is 508 g/mol. The highest BCUT2D eigenvalue weighted by Gasteiger charge is 2.50. The van der Waals surface area contributed by atoms with Crippen LogP contribution in [0.4, 0.5) is 10.1 Å². The molecule has 2 aromatic carbocycles. The van der Waals surface area contributed by atoms with Crippen molar-refractivity contribution in [3.63, 3.8) is 0 Å². The van der Waals surface area contributed by atoms with Crippen LogP contribution >= 0.6 is 11.6 Å². The van der Waals surface area contributed by atoms with Crippen molar-refractivity contribution in [2.45, 2.75) is 63.2 Å². The first-order chi connectivity index (χ1) is 17.4. The van der Waals surface area contributed by atoms with Crippen molar-refractivity contribution in [1.29, 1.82) is 0 Å². The van der Waals surface area contributed by atoms with E-state index in [4.69, 9.17) is 11.6 Å². The molecule has 0 unspecified atom stereocenters. The quantitative estimate of drug-likeness (QED) is 0.459. The van der Waals surface area contributed by atoms with Crippen LogP contribution in [0.5, 0.6) is 0 Å². The number of aryl methyl sites for hydroxylation is 1. The molecule has 3 aliphatic rings. The van der Waals surface area contributed by atoms with Crippen LogP contribution in [-0.2, 0) is 19.0 Å². The van der Waals surface area contributed by atoms with Crippen molar-refractivity contribution in [3.05, 3.63) is 75.8 Å². The molecule has 0 saturated heterocycles. The molecule has 2 saturated carbocycles. The highest BCUT2D eigenvalue weighted by molar-refractivity contribution is 6.32. The summed E-state index contributed by atoms with van der Waals surface area (Å²) in [5.74, 6) is 1.46. The van der Waals surface area contributed by atoms with E-state index in [0.717, 1.165) is 40.7 Å².